The maximum Gasteiger partial charge on any atom is 0.379 e. The highest BCUT2D eigenvalue weighted by atomic mass is 32.1. The number of hydrogen-bond donors (Lipinski definition) is 3. The summed E-state index contributed by atoms with van der Waals surface area (Å²) < 4.78 is 23.2. The van der Waals surface area contributed by atoms with Crippen molar-refractivity contribution >= 4 is 34.1 Å². The summed E-state index contributed by atoms with van der Waals surface area (Å²) in [7, 11) is 2.89. The van der Waals surface area contributed by atoms with Gasteiger partial charge in [0.25, 0.3) is 5.91 Å². The van der Waals surface area contributed by atoms with Crippen LogP contribution in [0.15, 0.2) is 45.7 Å². The van der Waals surface area contributed by atoms with Gasteiger partial charge in [-0.1, -0.05) is 17.4 Å². The highest BCUT2D eigenvalue weighted by Crippen LogP contribution is 2.42. The molecule has 0 saturated carbocycles. The minimum absolute atomic E-state index is 0.0765. The van der Waals surface area contributed by atoms with Crippen LogP contribution in [0.1, 0.15) is 24.4 Å². The number of hydrogen-bond acceptors (Lipinski definition) is 12. The maximum atomic E-state index is 13.1. The molecule has 1 atom stereocenters. The summed E-state index contributed by atoms with van der Waals surface area (Å²) in [4.78, 5) is 37.6. The summed E-state index contributed by atoms with van der Waals surface area (Å²) in [6, 6.07) is 7.88. The molecule has 3 heterocycles. The number of anilines is 2. The fourth-order valence-corrected chi connectivity index (χ4v) is 4.20. The van der Waals surface area contributed by atoms with E-state index in [1.54, 1.807) is 31.2 Å². The molecule has 3 aromatic heterocycles. The van der Waals surface area contributed by atoms with Crippen molar-refractivity contribution in [3.8, 4) is 33.5 Å². The number of amides is 2. The second-order valence-electron chi connectivity index (χ2n) is 7.94. The van der Waals surface area contributed by atoms with Crippen LogP contribution < -0.4 is 30.5 Å². The van der Waals surface area contributed by atoms with E-state index < -0.39 is 17.6 Å². The number of aliphatic hydroxyl groups is 1. The maximum absolute atomic E-state index is 13.1. The largest absolute Gasteiger partial charge is 0.496 e. The minimum Gasteiger partial charge on any atom is -0.496 e. The average molecular weight is 557 g/mol. The third-order valence-corrected chi connectivity index (χ3v) is 5.98. The molecule has 0 spiro atoms. The molecule has 0 bridgehead atoms. The van der Waals surface area contributed by atoms with Crippen LogP contribution in [0.2, 0.25) is 0 Å². The number of carbonyl (C=O) groups is 2. The summed E-state index contributed by atoms with van der Waals surface area (Å²) in [5, 5.41) is 27.0. The van der Waals surface area contributed by atoms with Gasteiger partial charge in [0, 0.05) is 18.6 Å². The summed E-state index contributed by atoms with van der Waals surface area (Å²) in [5.74, 6) is -0.639. The second kappa shape index (κ2) is 11.7. The van der Waals surface area contributed by atoms with E-state index in [1.807, 2.05) is 0 Å². The number of aliphatic hydroxyl groups excluding tert-OH is 1. The van der Waals surface area contributed by atoms with E-state index in [2.05, 4.69) is 25.9 Å². The molecule has 0 aliphatic rings. The quantitative estimate of drug-likeness (QED) is 0.261. The lowest BCUT2D eigenvalue weighted by molar-refractivity contribution is -0.114. The summed E-state index contributed by atoms with van der Waals surface area (Å²) in [6.07, 6.45) is 0.714. The van der Waals surface area contributed by atoms with E-state index in [-0.39, 0.29) is 39.9 Å². The standard InChI is InChI=1S/C24H24N6O8S/c1-12(11-31)37-20-14(19-15(35-3)6-5-7-16(19)36-4)10-17(38-22(20)34)21(33)27-23-28-29-24(39-23)30-18(8-9-25-30)26-13(2)32/h5-10,12,31H,11H2,1-4H3,(H,26,32)(H,27,28,33). The molecule has 15 heteroatoms. The van der Waals surface area contributed by atoms with E-state index in [0.29, 0.717) is 22.9 Å². The molecule has 39 heavy (non-hydrogen) atoms. The average Bonchev–Trinajstić information content (AvgIpc) is 3.57. The zero-order valence-electron chi connectivity index (χ0n) is 21.3. The topological polar surface area (TPSA) is 180 Å². The highest BCUT2D eigenvalue weighted by Gasteiger charge is 2.25. The van der Waals surface area contributed by atoms with Gasteiger partial charge in [0.05, 0.1) is 32.6 Å². The molecule has 3 N–H and O–H groups in total. The van der Waals surface area contributed by atoms with Gasteiger partial charge in [-0.15, -0.1) is 10.2 Å². The molecule has 0 fully saturated rings. The van der Waals surface area contributed by atoms with Crippen LogP contribution in [0.3, 0.4) is 0 Å². The van der Waals surface area contributed by atoms with Gasteiger partial charge in [0.2, 0.25) is 21.9 Å². The summed E-state index contributed by atoms with van der Waals surface area (Å²) >= 11 is 0.969. The van der Waals surface area contributed by atoms with Crippen molar-refractivity contribution in [2.45, 2.75) is 20.0 Å². The zero-order chi connectivity index (χ0) is 28.1. The monoisotopic (exact) mass is 556 g/mol. The lowest BCUT2D eigenvalue weighted by Gasteiger charge is -2.18. The summed E-state index contributed by atoms with van der Waals surface area (Å²) in [5.41, 5.74) is -0.465. The second-order valence-corrected chi connectivity index (χ2v) is 8.90. The van der Waals surface area contributed by atoms with Gasteiger partial charge in [-0.25, -0.2) is 4.79 Å². The molecular weight excluding hydrogens is 532 g/mol. The first-order valence-electron chi connectivity index (χ1n) is 11.4. The lowest BCUT2D eigenvalue weighted by atomic mass is 10.0. The van der Waals surface area contributed by atoms with Gasteiger partial charge in [0.15, 0.2) is 5.76 Å². The Morgan fingerprint density at radius 1 is 1.15 bits per heavy atom. The number of ether oxygens (including phenoxy) is 3. The van der Waals surface area contributed by atoms with Crippen molar-refractivity contribution < 1.29 is 33.3 Å². The van der Waals surface area contributed by atoms with Crippen molar-refractivity contribution in [2.75, 3.05) is 31.5 Å². The molecule has 1 aromatic carbocycles. The van der Waals surface area contributed by atoms with Crippen LogP contribution in [0.5, 0.6) is 17.2 Å². The number of rotatable bonds is 10. The zero-order valence-corrected chi connectivity index (χ0v) is 22.1. The molecule has 0 saturated heterocycles. The molecule has 1 unspecified atom stereocenters. The van der Waals surface area contributed by atoms with E-state index in [0.717, 1.165) is 11.3 Å². The molecule has 14 nitrogen and oxygen atoms in total. The number of nitrogens with one attached hydrogen (secondary N) is 2. The first kappa shape index (κ1) is 27.3. The molecule has 0 radical (unpaired) electrons. The Morgan fingerprint density at radius 3 is 2.51 bits per heavy atom. The molecule has 4 aromatic rings. The predicted molar refractivity (Wildman–Crippen MR) is 140 cm³/mol. The van der Waals surface area contributed by atoms with Crippen LogP contribution in [-0.4, -0.2) is 63.8 Å². The van der Waals surface area contributed by atoms with Crippen molar-refractivity contribution in [3.63, 3.8) is 0 Å². The molecule has 4 rings (SSSR count). The van der Waals surface area contributed by atoms with Crippen molar-refractivity contribution in [1.29, 1.82) is 0 Å². The molecular formula is C24H24N6O8S. The normalized spacial score (nSPS) is 11.5. The lowest BCUT2D eigenvalue weighted by Crippen LogP contribution is -2.22. The molecule has 2 amide bonds. The van der Waals surface area contributed by atoms with Crippen LogP contribution in [0, 0.1) is 0 Å². The van der Waals surface area contributed by atoms with Crippen molar-refractivity contribution in [2.24, 2.45) is 0 Å². The van der Waals surface area contributed by atoms with Gasteiger partial charge < -0.3 is 29.1 Å². The van der Waals surface area contributed by atoms with Gasteiger partial charge in [-0.2, -0.15) is 9.78 Å². The van der Waals surface area contributed by atoms with Crippen LogP contribution in [0.25, 0.3) is 16.3 Å². The first-order valence-corrected chi connectivity index (χ1v) is 12.2. The van der Waals surface area contributed by atoms with Crippen molar-refractivity contribution in [3.05, 3.63) is 52.7 Å². The van der Waals surface area contributed by atoms with Gasteiger partial charge in [-0.05, 0) is 25.1 Å². The number of methoxy groups -OCH3 is 2. The fraction of sp³-hybridized carbons (Fsp3) is 0.250. The van der Waals surface area contributed by atoms with Gasteiger partial charge >= 0.3 is 5.63 Å². The van der Waals surface area contributed by atoms with Crippen LogP contribution in [-0.2, 0) is 4.79 Å². The van der Waals surface area contributed by atoms with Crippen LogP contribution in [0.4, 0.5) is 10.9 Å². The highest BCUT2D eigenvalue weighted by molar-refractivity contribution is 7.17. The van der Waals surface area contributed by atoms with Gasteiger partial charge in [-0.3, -0.25) is 14.9 Å². The Balaban J connectivity index is 1.72. The molecule has 0 aliphatic carbocycles. The fourth-order valence-electron chi connectivity index (χ4n) is 3.49. The number of nitrogens with zero attached hydrogens (tertiary/aromatic N) is 4. The van der Waals surface area contributed by atoms with Gasteiger partial charge in [0.1, 0.15) is 23.4 Å². The predicted octanol–water partition coefficient (Wildman–Crippen LogP) is 2.33. The third-order valence-electron chi connectivity index (χ3n) is 5.17. The Kier molecular flexibility index (Phi) is 8.21. The Labute approximate surface area is 225 Å². The Hall–Kier alpha value is -4.76. The van der Waals surface area contributed by atoms with E-state index >= 15 is 0 Å². The summed E-state index contributed by atoms with van der Waals surface area (Å²) in [6.45, 7) is 2.54. The van der Waals surface area contributed by atoms with E-state index in [1.165, 1.54) is 38.1 Å². The van der Waals surface area contributed by atoms with Crippen molar-refractivity contribution in [1.82, 2.24) is 20.0 Å². The molecule has 204 valence electrons. The minimum atomic E-state index is -0.958. The Bertz CT molecular complexity index is 1540. The number of benzene rings is 1. The SMILES string of the molecule is COc1cccc(OC)c1-c1cc(C(=O)Nc2nnc(-n3nccc3NC(C)=O)s2)oc(=O)c1OC(C)CO. The first-order chi connectivity index (χ1) is 18.7. The van der Waals surface area contributed by atoms with E-state index in [4.69, 9.17) is 18.6 Å². The third kappa shape index (κ3) is 5.89. The van der Waals surface area contributed by atoms with Crippen LogP contribution >= 0.6 is 11.3 Å². The Morgan fingerprint density at radius 2 is 1.87 bits per heavy atom. The number of carbonyl (C=O) groups excluding carboxylic acids is 2. The van der Waals surface area contributed by atoms with E-state index in [9.17, 15) is 19.5 Å². The molecule has 0 aliphatic heterocycles. The smallest absolute Gasteiger partial charge is 0.379 e. The number of aromatic nitrogens is 4.